The first kappa shape index (κ1) is 23.8. The second-order valence-electron chi connectivity index (χ2n) is 7.60. The number of hydrogen-bond donors (Lipinski definition) is 1. The molecule has 0 radical (unpaired) electrons. The molecular weight excluding hydrogens is 422 g/mol. The topological polar surface area (TPSA) is 91.7 Å². The van der Waals surface area contributed by atoms with Crippen LogP contribution in [0.3, 0.4) is 0 Å². The number of carbonyl (C=O) groups is 2. The summed E-state index contributed by atoms with van der Waals surface area (Å²) in [5.41, 5.74) is 4.66. The van der Waals surface area contributed by atoms with Gasteiger partial charge < -0.3 is 19.5 Å². The van der Waals surface area contributed by atoms with Crippen LogP contribution in [0.1, 0.15) is 28.1 Å². The van der Waals surface area contributed by atoms with Crippen molar-refractivity contribution < 1.29 is 23.8 Å². The van der Waals surface area contributed by atoms with E-state index >= 15 is 0 Å². The van der Waals surface area contributed by atoms with Crippen LogP contribution in [0.4, 0.5) is 0 Å². The lowest BCUT2D eigenvalue weighted by atomic mass is 10.1. The number of rotatable bonds is 10. The summed E-state index contributed by atoms with van der Waals surface area (Å²) in [6, 6.07) is 15.2. The predicted molar refractivity (Wildman–Crippen MR) is 123 cm³/mol. The van der Waals surface area contributed by atoms with Gasteiger partial charge in [-0.1, -0.05) is 36.4 Å². The highest BCUT2D eigenvalue weighted by Gasteiger charge is 2.15. The minimum atomic E-state index is -0.500. The fourth-order valence-electron chi connectivity index (χ4n) is 3.49. The number of aryl methyl sites for hydroxylation is 1. The maximum atomic E-state index is 12.2. The Bertz CT molecular complexity index is 1110. The van der Waals surface area contributed by atoms with E-state index in [0.29, 0.717) is 30.2 Å². The summed E-state index contributed by atoms with van der Waals surface area (Å²) in [6.07, 6.45) is 0.0259. The van der Waals surface area contributed by atoms with Crippen LogP contribution in [-0.4, -0.2) is 42.5 Å². The van der Waals surface area contributed by atoms with Gasteiger partial charge in [0.05, 0.1) is 32.9 Å². The minimum Gasteiger partial charge on any atom is -0.493 e. The van der Waals surface area contributed by atoms with Gasteiger partial charge >= 0.3 is 5.97 Å². The number of methoxy groups -OCH3 is 2. The molecule has 0 aliphatic heterocycles. The number of amides is 1. The Hall–Kier alpha value is -3.81. The van der Waals surface area contributed by atoms with Gasteiger partial charge in [-0.15, -0.1) is 0 Å². The SMILES string of the molecule is COc1ccc(CC(=O)OCC(=O)NCc2c(C)nn(Cc3ccccc3)c2C)cc1OC. The van der Waals surface area contributed by atoms with E-state index in [2.05, 4.69) is 10.4 Å². The molecule has 0 fully saturated rings. The largest absolute Gasteiger partial charge is 0.493 e. The van der Waals surface area contributed by atoms with Crippen molar-refractivity contribution in [2.75, 3.05) is 20.8 Å². The predicted octanol–water partition coefficient (Wildman–Crippen LogP) is 2.97. The molecule has 3 aromatic rings. The van der Waals surface area contributed by atoms with Crippen LogP contribution in [0.5, 0.6) is 11.5 Å². The normalized spacial score (nSPS) is 10.5. The highest BCUT2D eigenvalue weighted by Crippen LogP contribution is 2.27. The molecule has 0 aliphatic rings. The Balaban J connectivity index is 1.49. The number of esters is 1. The Morgan fingerprint density at radius 3 is 2.39 bits per heavy atom. The second-order valence-corrected chi connectivity index (χ2v) is 7.60. The molecule has 1 heterocycles. The van der Waals surface area contributed by atoms with Crippen LogP contribution in [-0.2, 0) is 33.8 Å². The zero-order chi connectivity index (χ0) is 23.8. The van der Waals surface area contributed by atoms with E-state index in [4.69, 9.17) is 14.2 Å². The molecule has 8 heteroatoms. The number of ether oxygens (including phenoxy) is 3. The van der Waals surface area contributed by atoms with Gasteiger partial charge in [0.25, 0.3) is 5.91 Å². The molecule has 0 saturated carbocycles. The number of aromatic nitrogens is 2. The quantitative estimate of drug-likeness (QED) is 0.477. The van der Waals surface area contributed by atoms with Crippen LogP contribution >= 0.6 is 0 Å². The van der Waals surface area contributed by atoms with Gasteiger partial charge in [-0.05, 0) is 37.1 Å². The van der Waals surface area contributed by atoms with Crippen molar-refractivity contribution in [1.82, 2.24) is 15.1 Å². The molecule has 0 bridgehead atoms. The fourth-order valence-corrected chi connectivity index (χ4v) is 3.49. The van der Waals surface area contributed by atoms with E-state index in [1.807, 2.05) is 48.9 Å². The van der Waals surface area contributed by atoms with Crippen molar-refractivity contribution in [3.8, 4) is 11.5 Å². The van der Waals surface area contributed by atoms with Crippen molar-refractivity contribution in [2.24, 2.45) is 0 Å². The van der Waals surface area contributed by atoms with Crippen molar-refractivity contribution in [1.29, 1.82) is 0 Å². The number of benzene rings is 2. The molecule has 0 spiro atoms. The lowest BCUT2D eigenvalue weighted by Gasteiger charge is -2.10. The number of carbonyl (C=O) groups excluding carboxylic acids is 2. The summed E-state index contributed by atoms with van der Waals surface area (Å²) in [7, 11) is 3.07. The van der Waals surface area contributed by atoms with Gasteiger partial charge in [-0.3, -0.25) is 14.3 Å². The third-order valence-electron chi connectivity index (χ3n) is 5.33. The average Bonchev–Trinajstić information content (AvgIpc) is 3.08. The van der Waals surface area contributed by atoms with Crippen LogP contribution in [0.2, 0.25) is 0 Å². The molecule has 0 aliphatic carbocycles. The Kier molecular flexibility index (Phi) is 8.07. The molecule has 0 saturated heterocycles. The van der Waals surface area contributed by atoms with Crippen LogP contribution < -0.4 is 14.8 Å². The summed E-state index contributed by atoms with van der Waals surface area (Å²) in [6.45, 7) is 4.53. The fraction of sp³-hybridized carbons (Fsp3) is 0.320. The maximum Gasteiger partial charge on any atom is 0.310 e. The van der Waals surface area contributed by atoms with Gasteiger partial charge in [-0.2, -0.15) is 5.10 Å². The van der Waals surface area contributed by atoms with Crippen molar-refractivity contribution in [3.63, 3.8) is 0 Å². The van der Waals surface area contributed by atoms with E-state index in [9.17, 15) is 9.59 Å². The van der Waals surface area contributed by atoms with Gasteiger partial charge in [0.2, 0.25) is 0 Å². The molecular formula is C25H29N3O5. The van der Waals surface area contributed by atoms with Crippen LogP contribution in [0.25, 0.3) is 0 Å². The highest BCUT2D eigenvalue weighted by atomic mass is 16.5. The molecule has 1 aromatic heterocycles. The van der Waals surface area contributed by atoms with Gasteiger partial charge in [-0.25, -0.2) is 0 Å². The number of hydrogen-bond acceptors (Lipinski definition) is 6. The summed E-state index contributed by atoms with van der Waals surface area (Å²) < 4.78 is 17.5. The lowest BCUT2D eigenvalue weighted by Crippen LogP contribution is -2.29. The lowest BCUT2D eigenvalue weighted by molar-refractivity contribution is -0.147. The zero-order valence-electron chi connectivity index (χ0n) is 19.4. The van der Waals surface area contributed by atoms with Crippen molar-refractivity contribution in [3.05, 3.63) is 76.6 Å². The number of nitrogens with zero attached hydrogens (tertiary/aromatic N) is 2. The van der Waals surface area contributed by atoms with Crippen LogP contribution in [0, 0.1) is 13.8 Å². The van der Waals surface area contributed by atoms with Crippen LogP contribution in [0.15, 0.2) is 48.5 Å². The Labute approximate surface area is 193 Å². The standard InChI is InChI=1S/C25H29N3O5/c1-17-21(18(2)28(27-17)15-19-8-6-5-7-9-19)14-26-24(29)16-33-25(30)13-20-10-11-22(31-3)23(12-20)32-4/h5-12H,13-16H2,1-4H3,(H,26,29). The zero-order valence-corrected chi connectivity index (χ0v) is 19.4. The Morgan fingerprint density at radius 2 is 1.70 bits per heavy atom. The van der Waals surface area contributed by atoms with Gasteiger partial charge in [0.15, 0.2) is 18.1 Å². The van der Waals surface area contributed by atoms with E-state index in [-0.39, 0.29) is 18.9 Å². The molecule has 174 valence electrons. The molecule has 0 atom stereocenters. The van der Waals surface area contributed by atoms with Gasteiger partial charge in [0.1, 0.15) is 0 Å². The minimum absolute atomic E-state index is 0.0259. The first-order chi connectivity index (χ1) is 15.9. The molecule has 1 N–H and O–H groups in total. The van der Waals surface area contributed by atoms with Gasteiger partial charge in [0, 0.05) is 17.8 Å². The molecule has 2 aromatic carbocycles. The molecule has 0 unspecified atom stereocenters. The van der Waals surface area contributed by atoms with E-state index in [1.165, 1.54) is 7.11 Å². The molecule has 3 rings (SSSR count). The van der Waals surface area contributed by atoms with E-state index in [0.717, 1.165) is 22.5 Å². The maximum absolute atomic E-state index is 12.2. The molecule has 33 heavy (non-hydrogen) atoms. The average molecular weight is 452 g/mol. The number of nitrogens with one attached hydrogen (secondary N) is 1. The monoisotopic (exact) mass is 451 g/mol. The first-order valence-electron chi connectivity index (χ1n) is 10.6. The van der Waals surface area contributed by atoms with E-state index in [1.54, 1.807) is 25.3 Å². The molecule has 1 amide bonds. The third-order valence-corrected chi connectivity index (χ3v) is 5.33. The summed E-state index contributed by atoms with van der Waals surface area (Å²) >= 11 is 0. The first-order valence-corrected chi connectivity index (χ1v) is 10.6. The smallest absolute Gasteiger partial charge is 0.310 e. The summed E-state index contributed by atoms with van der Waals surface area (Å²) in [5, 5.41) is 7.40. The van der Waals surface area contributed by atoms with Crippen molar-refractivity contribution in [2.45, 2.75) is 33.4 Å². The van der Waals surface area contributed by atoms with Crippen molar-refractivity contribution >= 4 is 11.9 Å². The third kappa shape index (κ3) is 6.35. The highest BCUT2D eigenvalue weighted by molar-refractivity contribution is 5.81. The summed E-state index contributed by atoms with van der Waals surface area (Å²) in [4.78, 5) is 24.4. The summed E-state index contributed by atoms with van der Waals surface area (Å²) in [5.74, 6) is 0.233. The second kappa shape index (κ2) is 11.2. The van der Waals surface area contributed by atoms with E-state index < -0.39 is 5.97 Å². The molecule has 8 nitrogen and oxygen atoms in total. The Morgan fingerprint density at radius 1 is 0.970 bits per heavy atom.